The van der Waals surface area contributed by atoms with Gasteiger partial charge in [-0.2, -0.15) is 0 Å². The third-order valence-electron chi connectivity index (χ3n) is 3.31. The van der Waals surface area contributed by atoms with E-state index in [1.54, 1.807) is 25.3 Å². The normalized spacial score (nSPS) is 11.3. The molecule has 5 N–H and O–H groups in total. The summed E-state index contributed by atoms with van der Waals surface area (Å²) in [6.07, 6.45) is 3.71. The maximum Gasteiger partial charge on any atom is 0.466 e. The third-order valence-corrected chi connectivity index (χ3v) is 3.31. The van der Waals surface area contributed by atoms with Crippen molar-refractivity contribution in [3.8, 4) is 5.75 Å². The molecule has 0 atom stereocenters. The predicted octanol–water partition coefficient (Wildman–Crippen LogP) is 2.51. The van der Waals surface area contributed by atoms with Crippen LogP contribution in [0.5, 0.6) is 5.75 Å². The number of aromatic carboxylic acids is 1. The molecule has 3 aromatic rings. The van der Waals surface area contributed by atoms with Crippen molar-refractivity contribution in [2.45, 2.75) is 0 Å². The van der Waals surface area contributed by atoms with E-state index in [-0.39, 0.29) is 5.56 Å². The number of benzene rings is 2. The van der Waals surface area contributed by atoms with Gasteiger partial charge in [0, 0.05) is 0 Å². The summed E-state index contributed by atoms with van der Waals surface area (Å²) in [4.78, 5) is 40.2. The second kappa shape index (κ2) is 8.61. The average Bonchev–Trinajstić information content (AvgIpc) is 3.01. The summed E-state index contributed by atoms with van der Waals surface area (Å²) in [6.45, 7) is 0. The molecule has 0 saturated heterocycles. The highest BCUT2D eigenvalue weighted by Crippen LogP contribution is 2.25. The molecule has 27 heavy (non-hydrogen) atoms. The molecule has 0 spiro atoms. The van der Waals surface area contributed by atoms with Gasteiger partial charge in [0.2, 0.25) is 0 Å². The Morgan fingerprint density at radius 3 is 2.30 bits per heavy atom. The molecule has 142 valence electrons. The highest BCUT2D eigenvalue weighted by molar-refractivity contribution is 7.45. The number of carboxylic acid groups (broad SMARTS) is 1. The minimum Gasteiger partial charge on any atom is -0.497 e. The van der Waals surface area contributed by atoms with Gasteiger partial charge in [0.1, 0.15) is 17.1 Å². The van der Waals surface area contributed by atoms with Crippen molar-refractivity contribution in [2.75, 3.05) is 7.11 Å². The van der Waals surface area contributed by atoms with E-state index in [0.29, 0.717) is 16.9 Å². The lowest BCUT2D eigenvalue weighted by Gasteiger charge is -1.98. The van der Waals surface area contributed by atoms with E-state index in [4.69, 9.17) is 29.1 Å². The number of hydrogen-bond acceptors (Lipinski definition) is 4. The van der Waals surface area contributed by atoms with Crippen LogP contribution < -0.4 is 4.74 Å². The molecule has 0 aliphatic heterocycles. The van der Waals surface area contributed by atoms with E-state index in [2.05, 4.69) is 9.97 Å². The number of ether oxygens (including phenoxy) is 1. The first kappa shape index (κ1) is 20.3. The zero-order chi connectivity index (χ0) is 20.0. The van der Waals surface area contributed by atoms with Gasteiger partial charge in [-0.15, -0.1) is 0 Å². The van der Waals surface area contributed by atoms with Gasteiger partial charge < -0.3 is 29.5 Å². The first-order chi connectivity index (χ1) is 12.7. The monoisotopic (exact) mass is 392 g/mol. The Labute approximate surface area is 153 Å². The van der Waals surface area contributed by atoms with E-state index in [1.165, 1.54) is 0 Å². The summed E-state index contributed by atoms with van der Waals surface area (Å²) < 4.78 is 14.0. The van der Waals surface area contributed by atoms with Crippen molar-refractivity contribution in [1.29, 1.82) is 0 Å². The van der Waals surface area contributed by atoms with Crippen molar-refractivity contribution < 1.29 is 33.9 Å². The summed E-state index contributed by atoms with van der Waals surface area (Å²) in [5.41, 5.74) is 2.36. The Morgan fingerprint density at radius 1 is 1.11 bits per heavy atom. The van der Waals surface area contributed by atoms with Crippen LogP contribution >= 0.6 is 7.82 Å². The van der Waals surface area contributed by atoms with E-state index in [1.807, 2.05) is 36.4 Å². The van der Waals surface area contributed by atoms with E-state index < -0.39 is 13.8 Å². The van der Waals surface area contributed by atoms with Crippen LogP contribution in [-0.2, 0) is 4.57 Å². The molecule has 10 heteroatoms. The van der Waals surface area contributed by atoms with Gasteiger partial charge in [-0.25, -0.2) is 14.3 Å². The van der Waals surface area contributed by atoms with Crippen LogP contribution in [0.25, 0.3) is 23.2 Å². The number of phosphoric acid groups is 1. The number of para-hydroxylation sites is 1. The first-order valence-corrected chi connectivity index (χ1v) is 9.06. The predicted molar refractivity (Wildman–Crippen MR) is 99.2 cm³/mol. The Hall–Kier alpha value is -2.97. The molecular formula is C17H17N2O7P. The molecule has 0 aliphatic rings. The number of aromatic amines is 1. The van der Waals surface area contributed by atoms with Gasteiger partial charge in [-0.1, -0.05) is 24.3 Å². The quantitative estimate of drug-likeness (QED) is 0.425. The van der Waals surface area contributed by atoms with Crippen LogP contribution in [0, 0.1) is 0 Å². The third kappa shape index (κ3) is 6.36. The molecule has 3 rings (SSSR count). The zero-order valence-corrected chi connectivity index (χ0v) is 15.0. The smallest absolute Gasteiger partial charge is 0.466 e. The highest BCUT2D eigenvalue weighted by Gasteiger charge is 2.11. The highest BCUT2D eigenvalue weighted by atomic mass is 31.2. The van der Waals surface area contributed by atoms with Crippen LogP contribution in [0.15, 0.2) is 42.5 Å². The number of H-pyrrole nitrogens is 1. The lowest BCUT2D eigenvalue weighted by molar-refractivity contribution is 0.0698. The maximum absolute atomic E-state index is 11.2. The minimum atomic E-state index is -4.64. The molecule has 1 heterocycles. The maximum atomic E-state index is 11.2. The van der Waals surface area contributed by atoms with Gasteiger partial charge in [0.15, 0.2) is 0 Å². The fourth-order valence-corrected chi connectivity index (χ4v) is 2.19. The number of carbonyl (C=O) groups is 1. The van der Waals surface area contributed by atoms with Crippen molar-refractivity contribution in [2.24, 2.45) is 0 Å². The van der Waals surface area contributed by atoms with E-state index >= 15 is 0 Å². The molecule has 0 unspecified atom stereocenters. The number of fused-ring (bicyclic) bond motifs is 1. The lowest BCUT2D eigenvalue weighted by Crippen LogP contribution is -1.96. The molecule has 1 aromatic heterocycles. The van der Waals surface area contributed by atoms with E-state index in [0.717, 1.165) is 11.3 Å². The average molecular weight is 392 g/mol. The second-order valence-electron chi connectivity index (χ2n) is 5.25. The molecule has 9 nitrogen and oxygen atoms in total. The topological polar surface area (TPSA) is 153 Å². The van der Waals surface area contributed by atoms with Gasteiger partial charge >= 0.3 is 13.8 Å². The Kier molecular flexibility index (Phi) is 6.49. The number of aromatic nitrogens is 2. The van der Waals surface area contributed by atoms with Crippen LogP contribution in [-0.4, -0.2) is 42.8 Å². The first-order valence-electron chi connectivity index (χ1n) is 7.50. The van der Waals surface area contributed by atoms with Crippen molar-refractivity contribution in [3.63, 3.8) is 0 Å². The molecule has 2 aromatic carbocycles. The number of carboxylic acids is 1. The molecule has 0 bridgehead atoms. The van der Waals surface area contributed by atoms with Gasteiger partial charge in [-0.05, 0) is 35.9 Å². The Morgan fingerprint density at radius 2 is 1.74 bits per heavy atom. The molecule has 0 aliphatic carbocycles. The van der Waals surface area contributed by atoms with Gasteiger partial charge in [0.05, 0.1) is 18.2 Å². The second-order valence-corrected chi connectivity index (χ2v) is 6.28. The summed E-state index contributed by atoms with van der Waals surface area (Å²) in [5, 5.41) is 9.17. The fourth-order valence-electron chi connectivity index (χ4n) is 2.19. The molecule has 0 saturated carbocycles. The lowest BCUT2D eigenvalue weighted by atomic mass is 10.2. The van der Waals surface area contributed by atoms with Gasteiger partial charge in [0.25, 0.3) is 0 Å². The number of nitrogens with zero attached hydrogens (tertiary/aromatic N) is 1. The number of methoxy groups -OCH3 is 1. The molecule has 0 radical (unpaired) electrons. The number of rotatable bonds is 4. The SMILES string of the molecule is COc1ccc(/C=C/c2nc3c(C(=O)O)cccc3[nH]2)cc1.O=P(O)(O)O. The number of imidazole rings is 1. The van der Waals surface area contributed by atoms with E-state index in [9.17, 15) is 4.79 Å². The molecular weight excluding hydrogens is 375 g/mol. The van der Waals surface area contributed by atoms with Crippen LogP contribution in [0.1, 0.15) is 21.7 Å². The van der Waals surface area contributed by atoms with Crippen molar-refractivity contribution >= 4 is 37.0 Å². The van der Waals surface area contributed by atoms with Crippen LogP contribution in [0.4, 0.5) is 0 Å². The molecule has 0 fully saturated rings. The summed E-state index contributed by atoms with van der Waals surface area (Å²) in [5.74, 6) is 0.425. The number of hydrogen-bond donors (Lipinski definition) is 5. The van der Waals surface area contributed by atoms with Gasteiger partial charge in [-0.3, -0.25) is 0 Å². The summed E-state index contributed by atoms with van der Waals surface area (Å²) in [7, 11) is -3.01. The van der Waals surface area contributed by atoms with Crippen LogP contribution in [0.2, 0.25) is 0 Å². The van der Waals surface area contributed by atoms with Crippen LogP contribution in [0.3, 0.4) is 0 Å². The standard InChI is InChI=1S/C17H14N2O3.H3O4P/c1-22-12-8-5-11(6-9-12)7-10-15-18-14-4-2-3-13(17(20)21)16(14)19-15;1-5(2,3)4/h2-10H,1H3,(H,18,19)(H,20,21);(H3,1,2,3,4)/b10-7+;. The van der Waals surface area contributed by atoms with Crippen molar-refractivity contribution in [3.05, 3.63) is 59.4 Å². The molecule has 0 amide bonds. The summed E-state index contributed by atoms with van der Waals surface area (Å²) in [6, 6.07) is 12.7. The Balaban J connectivity index is 0.000000465. The van der Waals surface area contributed by atoms with Crippen molar-refractivity contribution in [1.82, 2.24) is 9.97 Å². The Bertz CT molecular complexity index is 998. The largest absolute Gasteiger partial charge is 0.497 e. The minimum absolute atomic E-state index is 0.192. The fraction of sp³-hybridized carbons (Fsp3) is 0.0588. The summed E-state index contributed by atoms with van der Waals surface area (Å²) >= 11 is 0. The zero-order valence-electron chi connectivity index (χ0n) is 14.1. The number of nitrogens with one attached hydrogen (secondary N) is 1.